The van der Waals surface area contributed by atoms with Crippen LogP contribution < -0.4 is 5.32 Å². The number of phenols is 1. The topological polar surface area (TPSA) is 95.7 Å². The number of nitro groups is 1. The molecule has 1 aromatic carbocycles. The second kappa shape index (κ2) is 5.88. The predicted molar refractivity (Wildman–Crippen MR) is 80.5 cm³/mol. The lowest BCUT2D eigenvalue weighted by Crippen LogP contribution is -2.31. The summed E-state index contributed by atoms with van der Waals surface area (Å²) in [6.07, 6.45) is 2.24. The van der Waals surface area contributed by atoms with Gasteiger partial charge in [0, 0.05) is 12.6 Å². The van der Waals surface area contributed by atoms with Crippen LogP contribution in [0, 0.1) is 10.1 Å². The van der Waals surface area contributed by atoms with E-state index < -0.39 is 16.4 Å². The number of nitro benzene ring substituents is 1. The average Bonchev–Trinajstić information content (AvgIpc) is 2.69. The minimum Gasteiger partial charge on any atom is -0.502 e. The van der Waals surface area contributed by atoms with Gasteiger partial charge in [-0.15, -0.1) is 0 Å². The summed E-state index contributed by atoms with van der Waals surface area (Å²) in [5.74, 6) is -0.687. The van der Waals surface area contributed by atoms with Crippen molar-refractivity contribution in [1.82, 2.24) is 10.2 Å². The maximum atomic E-state index is 12.1. The molecular formula is C13H13N3O4S. The number of nitrogens with zero attached hydrogens (tertiary/aromatic N) is 2. The van der Waals surface area contributed by atoms with Gasteiger partial charge in [-0.1, -0.05) is 13.0 Å². The molecule has 0 aliphatic carbocycles. The Kier molecular flexibility index (Phi) is 4.18. The van der Waals surface area contributed by atoms with Gasteiger partial charge in [-0.05, 0) is 36.3 Å². The molecule has 0 radical (unpaired) electrons. The van der Waals surface area contributed by atoms with Gasteiger partial charge in [-0.25, -0.2) is 0 Å². The zero-order valence-electron chi connectivity index (χ0n) is 11.2. The number of hydrogen-bond donors (Lipinski definition) is 2. The first kappa shape index (κ1) is 14.9. The van der Waals surface area contributed by atoms with Crippen LogP contribution in [0.2, 0.25) is 0 Å². The molecule has 1 fully saturated rings. The molecule has 2 N–H and O–H groups in total. The van der Waals surface area contributed by atoms with E-state index in [0.717, 1.165) is 6.42 Å². The van der Waals surface area contributed by atoms with Crippen LogP contribution in [-0.4, -0.2) is 32.5 Å². The molecule has 1 heterocycles. The summed E-state index contributed by atoms with van der Waals surface area (Å²) in [5, 5.41) is 23.3. The maximum Gasteiger partial charge on any atom is 0.311 e. The van der Waals surface area contributed by atoms with E-state index in [1.54, 1.807) is 0 Å². The van der Waals surface area contributed by atoms with E-state index in [1.807, 2.05) is 6.92 Å². The van der Waals surface area contributed by atoms with Crippen molar-refractivity contribution in [3.05, 3.63) is 39.6 Å². The van der Waals surface area contributed by atoms with Crippen molar-refractivity contribution in [2.45, 2.75) is 13.3 Å². The Bertz CT molecular complexity index is 657. The third kappa shape index (κ3) is 3.00. The minimum atomic E-state index is -0.685. The Morgan fingerprint density at radius 1 is 1.52 bits per heavy atom. The minimum absolute atomic E-state index is 0.258. The van der Waals surface area contributed by atoms with Gasteiger partial charge in [0.25, 0.3) is 5.91 Å². The lowest BCUT2D eigenvalue weighted by molar-refractivity contribution is -0.385. The molecule has 0 aromatic heterocycles. The van der Waals surface area contributed by atoms with E-state index in [9.17, 15) is 20.0 Å². The number of carbonyl (C=O) groups is 1. The van der Waals surface area contributed by atoms with E-state index in [0.29, 0.717) is 17.2 Å². The molecular weight excluding hydrogens is 294 g/mol. The zero-order valence-corrected chi connectivity index (χ0v) is 12.0. The summed E-state index contributed by atoms with van der Waals surface area (Å²) in [6, 6.07) is 3.89. The van der Waals surface area contributed by atoms with Crippen molar-refractivity contribution in [3.8, 4) is 5.75 Å². The highest BCUT2D eigenvalue weighted by molar-refractivity contribution is 7.80. The van der Waals surface area contributed by atoms with E-state index in [2.05, 4.69) is 5.32 Å². The summed E-state index contributed by atoms with van der Waals surface area (Å²) < 4.78 is 0. The number of amides is 1. The van der Waals surface area contributed by atoms with Crippen LogP contribution in [0.1, 0.15) is 18.9 Å². The largest absolute Gasteiger partial charge is 0.502 e. The fourth-order valence-corrected chi connectivity index (χ4v) is 2.23. The number of carbonyl (C=O) groups excluding carboxylic acids is 1. The van der Waals surface area contributed by atoms with Gasteiger partial charge in [-0.2, -0.15) is 0 Å². The van der Waals surface area contributed by atoms with Crippen molar-refractivity contribution in [3.63, 3.8) is 0 Å². The van der Waals surface area contributed by atoms with Crippen molar-refractivity contribution >= 4 is 35.0 Å². The molecule has 1 aliphatic rings. The van der Waals surface area contributed by atoms with Gasteiger partial charge < -0.3 is 10.4 Å². The monoisotopic (exact) mass is 307 g/mol. The third-order valence-corrected chi connectivity index (χ3v) is 3.24. The van der Waals surface area contributed by atoms with Gasteiger partial charge in [0.15, 0.2) is 10.9 Å². The molecule has 110 valence electrons. The first-order chi connectivity index (χ1) is 9.93. The highest BCUT2D eigenvalue weighted by Crippen LogP contribution is 2.27. The lowest BCUT2D eigenvalue weighted by atomic mass is 10.1. The fraction of sp³-hybridized carbons (Fsp3) is 0.231. The number of rotatable bonds is 4. The molecule has 0 spiro atoms. The highest BCUT2D eigenvalue weighted by Gasteiger charge is 2.29. The molecule has 0 bridgehead atoms. The first-order valence-corrected chi connectivity index (χ1v) is 6.66. The summed E-state index contributed by atoms with van der Waals surface area (Å²) in [4.78, 5) is 23.7. The summed E-state index contributed by atoms with van der Waals surface area (Å²) >= 11 is 5.07. The maximum absolute atomic E-state index is 12.1. The van der Waals surface area contributed by atoms with Gasteiger partial charge in [0.2, 0.25) is 0 Å². The number of aromatic hydroxyl groups is 1. The molecule has 0 unspecified atom stereocenters. The van der Waals surface area contributed by atoms with Crippen LogP contribution in [0.5, 0.6) is 5.75 Å². The Balaban J connectivity index is 2.33. The summed E-state index contributed by atoms with van der Waals surface area (Å²) in [5.41, 5.74) is 0.271. The molecule has 1 aromatic rings. The number of phenolic OH excluding ortho intramolecular Hbond substituents is 1. The summed E-state index contributed by atoms with van der Waals surface area (Å²) in [7, 11) is 0. The predicted octanol–water partition coefficient (Wildman–Crippen LogP) is 1.77. The molecule has 1 saturated heterocycles. The van der Waals surface area contributed by atoms with Crippen molar-refractivity contribution in [2.24, 2.45) is 0 Å². The van der Waals surface area contributed by atoms with E-state index in [1.165, 1.54) is 29.2 Å². The molecule has 0 atom stereocenters. The van der Waals surface area contributed by atoms with Crippen molar-refractivity contribution < 1.29 is 14.8 Å². The lowest BCUT2D eigenvalue weighted by Gasteiger charge is -2.11. The quantitative estimate of drug-likeness (QED) is 0.381. The smallest absolute Gasteiger partial charge is 0.311 e. The molecule has 1 amide bonds. The Labute approximate surface area is 126 Å². The first-order valence-electron chi connectivity index (χ1n) is 6.26. The number of benzene rings is 1. The Hall–Kier alpha value is -2.48. The standard InChI is InChI=1S/C13H13N3O4S/c1-2-5-15-12(18)9(14-13(15)21)6-8-3-4-11(17)10(7-8)16(19)20/h3-4,6-7,17H,2,5H2,1H3,(H,14,21)/b9-6+. The van der Waals surface area contributed by atoms with Crippen LogP contribution in [0.15, 0.2) is 23.9 Å². The fourth-order valence-electron chi connectivity index (χ4n) is 1.94. The second-order valence-corrected chi connectivity index (χ2v) is 4.84. The molecule has 2 rings (SSSR count). The van der Waals surface area contributed by atoms with E-state index in [-0.39, 0.29) is 11.6 Å². The number of thiocarbonyl (C=S) groups is 1. The van der Waals surface area contributed by atoms with Crippen LogP contribution in [0.3, 0.4) is 0 Å². The van der Waals surface area contributed by atoms with Gasteiger partial charge in [0.05, 0.1) is 4.92 Å². The molecule has 8 heteroatoms. The van der Waals surface area contributed by atoms with Gasteiger partial charge >= 0.3 is 5.69 Å². The molecule has 21 heavy (non-hydrogen) atoms. The Morgan fingerprint density at radius 3 is 2.86 bits per heavy atom. The summed E-state index contributed by atoms with van der Waals surface area (Å²) in [6.45, 7) is 2.44. The van der Waals surface area contributed by atoms with Crippen molar-refractivity contribution in [1.29, 1.82) is 0 Å². The number of hydrogen-bond acceptors (Lipinski definition) is 5. The van der Waals surface area contributed by atoms with Crippen LogP contribution in [0.4, 0.5) is 5.69 Å². The van der Waals surface area contributed by atoms with Crippen LogP contribution in [-0.2, 0) is 4.79 Å². The van der Waals surface area contributed by atoms with Crippen molar-refractivity contribution in [2.75, 3.05) is 6.54 Å². The third-order valence-electron chi connectivity index (χ3n) is 2.92. The SMILES string of the molecule is CCCN1C(=O)/C(=C\c2ccc(O)c([N+](=O)[O-])c2)NC1=S. The molecule has 0 saturated carbocycles. The van der Waals surface area contributed by atoms with E-state index in [4.69, 9.17) is 12.2 Å². The van der Waals surface area contributed by atoms with Gasteiger partial charge in [0.1, 0.15) is 5.70 Å². The van der Waals surface area contributed by atoms with E-state index >= 15 is 0 Å². The van der Waals surface area contributed by atoms with Crippen LogP contribution >= 0.6 is 12.2 Å². The number of nitrogens with one attached hydrogen (secondary N) is 1. The average molecular weight is 307 g/mol. The zero-order chi connectivity index (χ0) is 15.6. The highest BCUT2D eigenvalue weighted by atomic mass is 32.1. The normalized spacial score (nSPS) is 16.4. The van der Waals surface area contributed by atoms with Gasteiger partial charge in [-0.3, -0.25) is 19.8 Å². The molecule has 7 nitrogen and oxygen atoms in total. The molecule has 1 aliphatic heterocycles. The second-order valence-electron chi connectivity index (χ2n) is 4.45. The Morgan fingerprint density at radius 2 is 2.24 bits per heavy atom. The van der Waals surface area contributed by atoms with Crippen LogP contribution in [0.25, 0.3) is 6.08 Å².